The minimum absolute atomic E-state index is 0.574. The lowest BCUT2D eigenvalue weighted by Crippen LogP contribution is -2.66. The van der Waals surface area contributed by atoms with Crippen LogP contribution in [0.2, 0.25) is 0 Å². The van der Waals surface area contributed by atoms with E-state index in [2.05, 4.69) is 41.8 Å². The van der Waals surface area contributed by atoms with Gasteiger partial charge in [0.25, 0.3) is 0 Å². The van der Waals surface area contributed by atoms with Crippen molar-refractivity contribution in [2.75, 3.05) is 32.7 Å². The molecule has 1 saturated carbocycles. The summed E-state index contributed by atoms with van der Waals surface area (Å²) in [5.74, 6) is 1.34. The van der Waals surface area contributed by atoms with E-state index < -0.39 is 0 Å². The summed E-state index contributed by atoms with van der Waals surface area (Å²) in [6.45, 7) is 13.4. The number of hydrogen-bond donors (Lipinski definition) is 0. The molecule has 1 aromatic heterocycles. The Morgan fingerprint density at radius 2 is 1.96 bits per heavy atom. The molecule has 4 rings (SSSR count). The molecule has 2 aliphatic heterocycles. The lowest BCUT2D eigenvalue weighted by Gasteiger charge is -2.61. The Bertz CT molecular complexity index is 531. The smallest absolute Gasteiger partial charge is 0.0953 e. The van der Waals surface area contributed by atoms with Crippen molar-refractivity contribution in [3.8, 4) is 0 Å². The second kappa shape index (κ2) is 6.12. The lowest BCUT2D eigenvalue weighted by atomic mass is 9.60. The predicted molar refractivity (Wildman–Crippen MR) is 97.3 cm³/mol. The van der Waals surface area contributed by atoms with E-state index in [1.54, 1.807) is 0 Å². The summed E-state index contributed by atoms with van der Waals surface area (Å²) in [5, 5.41) is 1.31. The van der Waals surface area contributed by atoms with E-state index in [0.29, 0.717) is 5.92 Å². The van der Waals surface area contributed by atoms with Crippen LogP contribution in [-0.2, 0) is 0 Å². The van der Waals surface area contributed by atoms with Crippen LogP contribution in [0.15, 0.2) is 6.20 Å². The van der Waals surface area contributed by atoms with Crippen LogP contribution in [0.1, 0.15) is 68.2 Å². The van der Waals surface area contributed by atoms with Gasteiger partial charge < -0.3 is 9.80 Å². The second-order valence-corrected chi connectivity index (χ2v) is 9.52. The molecular formula is C19H31N3S. The molecule has 2 saturated heterocycles. The Morgan fingerprint density at radius 1 is 1.26 bits per heavy atom. The fourth-order valence-electron chi connectivity index (χ4n) is 4.89. The summed E-state index contributed by atoms with van der Waals surface area (Å²) in [5.41, 5.74) is 0.724. The molecule has 3 aliphatic rings. The van der Waals surface area contributed by atoms with Crippen molar-refractivity contribution < 1.29 is 0 Å². The molecule has 0 amide bonds. The van der Waals surface area contributed by atoms with Gasteiger partial charge >= 0.3 is 0 Å². The van der Waals surface area contributed by atoms with Crippen LogP contribution in [0, 0.1) is 5.41 Å². The average Bonchev–Trinajstić information content (AvgIpc) is 2.95. The van der Waals surface area contributed by atoms with Crippen LogP contribution in [0.4, 0.5) is 0 Å². The third-order valence-electron chi connectivity index (χ3n) is 6.39. The van der Waals surface area contributed by atoms with Gasteiger partial charge in [-0.15, -0.1) is 11.3 Å². The summed E-state index contributed by atoms with van der Waals surface area (Å²) in [6, 6.07) is 0.891. The van der Waals surface area contributed by atoms with Crippen molar-refractivity contribution in [3.63, 3.8) is 0 Å². The molecule has 1 aromatic rings. The number of thiazole rings is 1. The maximum absolute atomic E-state index is 4.63. The van der Waals surface area contributed by atoms with Crippen LogP contribution in [0.5, 0.6) is 0 Å². The topological polar surface area (TPSA) is 19.4 Å². The summed E-state index contributed by atoms with van der Waals surface area (Å²) in [7, 11) is 0. The van der Waals surface area contributed by atoms with E-state index in [1.165, 1.54) is 68.3 Å². The summed E-state index contributed by atoms with van der Waals surface area (Å²) in [6.07, 6.45) is 7.76. The van der Waals surface area contributed by atoms with Gasteiger partial charge in [0.1, 0.15) is 0 Å². The molecule has 1 aliphatic carbocycles. The van der Waals surface area contributed by atoms with Gasteiger partial charge in [0, 0.05) is 36.1 Å². The van der Waals surface area contributed by atoms with E-state index in [4.69, 9.17) is 0 Å². The van der Waals surface area contributed by atoms with Gasteiger partial charge in [0.2, 0.25) is 0 Å². The molecule has 4 heteroatoms. The van der Waals surface area contributed by atoms with Crippen molar-refractivity contribution in [2.45, 2.75) is 64.3 Å². The van der Waals surface area contributed by atoms with Crippen LogP contribution in [-0.4, -0.2) is 53.5 Å². The van der Waals surface area contributed by atoms with E-state index in [0.717, 1.165) is 17.4 Å². The first-order valence-corrected chi connectivity index (χ1v) is 10.3. The minimum Gasteiger partial charge on any atom is -0.302 e. The molecule has 3 nitrogen and oxygen atoms in total. The highest BCUT2D eigenvalue weighted by atomic mass is 32.1. The predicted octanol–water partition coefficient (Wildman–Crippen LogP) is 3.93. The molecule has 0 unspecified atom stereocenters. The second-order valence-electron chi connectivity index (χ2n) is 8.43. The largest absolute Gasteiger partial charge is 0.302 e. The van der Waals surface area contributed by atoms with Crippen molar-refractivity contribution in [3.05, 3.63) is 16.1 Å². The lowest BCUT2D eigenvalue weighted by molar-refractivity contribution is -0.110. The molecule has 3 heterocycles. The zero-order valence-corrected chi connectivity index (χ0v) is 15.7. The van der Waals surface area contributed by atoms with Gasteiger partial charge in [0.15, 0.2) is 0 Å². The van der Waals surface area contributed by atoms with Crippen molar-refractivity contribution >= 4 is 11.3 Å². The molecule has 0 bridgehead atoms. The molecule has 0 N–H and O–H groups in total. The highest BCUT2D eigenvalue weighted by Gasteiger charge is 2.53. The van der Waals surface area contributed by atoms with Gasteiger partial charge in [-0.3, -0.25) is 0 Å². The zero-order chi connectivity index (χ0) is 16.0. The Balaban J connectivity index is 1.25. The fourth-order valence-corrected chi connectivity index (χ4v) is 5.98. The van der Waals surface area contributed by atoms with Crippen molar-refractivity contribution in [1.82, 2.24) is 14.8 Å². The van der Waals surface area contributed by atoms with Gasteiger partial charge in [-0.05, 0) is 56.7 Å². The van der Waals surface area contributed by atoms with E-state index in [-0.39, 0.29) is 0 Å². The van der Waals surface area contributed by atoms with Crippen LogP contribution < -0.4 is 0 Å². The Hall–Kier alpha value is -0.450. The molecule has 3 fully saturated rings. The molecule has 1 spiro atoms. The third kappa shape index (κ3) is 2.98. The molecule has 23 heavy (non-hydrogen) atoms. The molecule has 128 valence electrons. The SMILES string of the molecule is CCN1CC2(CC(N3CCC(c4cnc(C(C)C)s4)CC3)C2)C1. The van der Waals surface area contributed by atoms with Crippen LogP contribution in [0.3, 0.4) is 0 Å². The number of hydrogen-bond acceptors (Lipinski definition) is 4. The van der Waals surface area contributed by atoms with Gasteiger partial charge in [-0.2, -0.15) is 0 Å². The quantitative estimate of drug-likeness (QED) is 0.832. The first-order valence-electron chi connectivity index (χ1n) is 9.50. The summed E-state index contributed by atoms with van der Waals surface area (Å²) < 4.78 is 0. The first-order chi connectivity index (χ1) is 11.1. The van der Waals surface area contributed by atoms with E-state index in [1.807, 2.05) is 11.3 Å². The molecule has 0 radical (unpaired) electrons. The monoisotopic (exact) mass is 333 g/mol. The highest BCUT2D eigenvalue weighted by molar-refractivity contribution is 7.11. The first kappa shape index (κ1) is 16.0. The average molecular weight is 334 g/mol. The Morgan fingerprint density at radius 3 is 2.52 bits per heavy atom. The van der Waals surface area contributed by atoms with Gasteiger partial charge in [-0.25, -0.2) is 4.98 Å². The third-order valence-corrected chi connectivity index (χ3v) is 7.85. The number of nitrogens with zero attached hydrogens (tertiary/aromatic N) is 3. The Labute approximate surface area is 145 Å². The number of aromatic nitrogens is 1. The Kier molecular flexibility index (Phi) is 4.27. The zero-order valence-electron chi connectivity index (χ0n) is 14.9. The van der Waals surface area contributed by atoms with E-state index in [9.17, 15) is 0 Å². The van der Waals surface area contributed by atoms with Crippen LogP contribution >= 0.6 is 11.3 Å². The maximum atomic E-state index is 4.63. The van der Waals surface area contributed by atoms with Crippen molar-refractivity contribution in [2.24, 2.45) is 5.41 Å². The number of likely N-dealkylation sites (tertiary alicyclic amines) is 2. The molecule has 0 atom stereocenters. The van der Waals surface area contributed by atoms with Crippen molar-refractivity contribution in [1.29, 1.82) is 0 Å². The van der Waals surface area contributed by atoms with Crippen LogP contribution in [0.25, 0.3) is 0 Å². The highest BCUT2D eigenvalue weighted by Crippen LogP contribution is 2.50. The fraction of sp³-hybridized carbons (Fsp3) is 0.842. The summed E-state index contributed by atoms with van der Waals surface area (Å²) in [4.78, 5) is 11.6. The van der Waals surface area contributed by atoms with E-state index >= 15 is 0 Å². The number of piperidine rings is 1. The number of rotatable bonds is 4. The molecular weight excluding hydrogens is 302 g/mol. The van der Waals surface area contributed by atoms with Gasteiger partial charge in [0.05, 0.1) is 5.01 Å². The normalized spacial score (nSPS) is 26.6. The van der Waals surface area contributed by atoms with Gasteiger partial charge in [-0.1, -0.05) is 20.8 Å². The summed E-state index contributed by atoms with van der Waals surface area (Å²) >= 11 is 1.96. The minimum atomic E-state index is 0.574. The standard InChI is InChI=1S/C19H31N3S/c1-4-21-12-19(13-21)9-16(10-19)22-7-5-15(6-8-22)17-11-20-18(23-17)14(2)3/h11,14-16H,4-10,12-13H2,1-3H3. The molecule has 0 aromatic carbocycles. The maximum Gasteiger partial charge on any atom is 0.0953 e.